The summed E-state index contributed by atoms with van der Waals surface area (Å²) in [5, 5.41) is 8.92. The van der Waals surface area contributed by atoms with Crippen molar-refractivity contribution in [3.8, 4) is 6.01 Å². The molecule has 1 aromatic heterocycles. The Balaban J connectivity index is 2.03. The van der Waals surface area contributed by atoms with Crippen LogP contribution in [-0.4, -0.2) is 46.1 Å². The maximum Gasteiger partial charge on any atom is 0.323 e. The molecular formula is C13H22N6O2. The van der Waals surface area contributed by atoms with E-state index in [0.29, 0.717) is 31.1 Å². The van der Waals surface area contributed by atoms with Crippen LogP contribution in [0.1, 0.15) is 33.6 Å². The minimum atomic E-state index is -0.419. The number of hydrogen-bond acceptors (Lipinski definition) is 7. The Morgan fingerprint density at radius 3 is 2.62 bits per heavy atom. The number of carbonyl (C=O) groups excluding carboxylic acids is 1. The van der Waals surface area contributed by atoms with Gasteiger partial charge in [0.15, 0.2) is 0 Å². The number of nitrogens with zero attached hydrogens (tertiary/aromatic N) is 3. The molecule has 1 saturated carbocycles. The van der Waals surface area contributed by atoms with Crippen LogP contribution in [0.2, 0.25) is 0 Å². The van der Waals surface area contributed by atoms with E-state index in [2.05, 4.69) is 30.9 Å². The van der Waals surface area contributed by atoms with E-state index >= 15 is 0 Å². The first-order valence-corrected chi connectivity index (χ1v) is 7.32. The van der Waals surface area contributed by atoms with Gasteiger partial charge in [0.1, 0.15) is 6.04 Å². The molecule has 116 valence electrons. The minimum absolute atomic E-state index is 0.0547. The highest BCUT2D eigenvalue weighted by atomic mass is 16.5. The van der Waals surface area contributed by atoms with Crippen LogP contribution in [0.3, 0.4) is 0 Å². The fraction of sp³-hybridized carbons (Fsp3) is 0.692. The van der Waals surface area contributed by atoms with Crippen LogP contribution in [-0.2, 0) is 4.79 Å². The molecule has 8 nitrogen and oxygen atoms in total. The molecule has 0 aromatic carbocycles. The van der Waals surface area contributed by atoms with Gasteiger partial charge in [-0.15, -0.1) is 0 Å². The molecule has 1 amide bonds. The smallest absolute Gasteiger partial charge is 0.323 e. The van der Waals surface area contributed by atoms with Gasteiger partial charge in [-0.1, -0.05) is 0 Å². The summed E-state index contributed by atoms with van der Waals surface area (Å²) in [7, 11) is 0. The standard InChI is InChI=1S/C13H22N6O2/c1-4-14-11-17-12(19-13(18-11)21-5-2)15-8(3)10(20)16-9-6-7-9/h8-9H,4-7H2,1-3H3,(H,16,20)(H2,14,15,17,18,19). The van der Waals surface area contributed by atoms with E-state index in [1.54, 1.807) is 6.92 Å². The quantitative estimate of drug-likeness (QED) is 0.651. The van der Waals surface area contributed by atoms with E-state index in [9.17, 15) is 4.79 Å². The van der Waals surface area contributed by atoms with Crippen LogP contribution < -0.4 is 20.7 Å². The topological polar surface area (TPSA) is 101 Å². The zero-order valence-electron chi connectivity index (χ0n) is 12.6. The van der Waals surface area contributed by atoms with Crippen LogP contribution in [0.4, 0.5) is 11.9 Å². The lowest BCUT2D eigenvalue weighted by Crippen LogP contribution is -2.39. The minimum Gasteiger partial charge on any atom is -0.464 e. The molecule has 1 atom stereocenters. The second-order valence-corrected chi connectivity index (χ2v) is 4.88. The molecule has 0 bridgehead atoms. The molecule has 1 aromatic rings. The van der Waals surface area contributed by atoms with E-state index in [0.717, 1.165) is 12.8 Å². The largest absolute Gasteiger partial charge is 0.464 e. The van der Waals surface area contributed by atoms with E-state index < -0.39 is 6.04 Å². The summed E-state index contributed by atoms with van der Waals surface area (Å²) in [6, 6.07) is 0.147. The van der Waals surface area contributed by atoms with E-state index in [1.807, 2.05) is 13.8 Å². The molecule has 0 radical (unpaired) electrons. The molecule has 1 aliphatic rings. The summed E-state index contributed by atoms with van der Waals surface area (Å²) >= 11 is 0. The number of ether oxygens (including phenoxy) is 1. The molecule has 21 heavy (non-hydrogen) atoms. The molecule has 1 fully saturated rings. The predicted molar refractivity (Wildman–Crippen MR) is 79.4 cm³/mol. The van der Waals surface area contributed by atoms with Crippen LogP contribution in [0.15, 0.2) is 0 Å². The molecule has 1 unspecified atom stereocenters. The second kappa shape index (κ2) is 7.05. The molecule has 1 heterocycles. The summed E-state index contributed by atoms with van der Waals surface area (Å²) < 4.78 is 5.31. The molecule has 2 rings (SSSR count). The zero-order chi connectivity index (χ0) is 15.2. The third-order valence-electron chi connectivity index (χ3n) is 2.89. The number of anilines is 2. The van der Waals surface area contributed by atoms with E-state index in [4.69, 9.17) is 4.74 Å². The van der Waals surface area contributed by atoms with Crippen LogP contribution in [0.25, 0.3) is 0 Å². The third kappa shape index (κ3) is 4.73. The van der Waals surface area contributed by atoms with Gasteiger partial charge in [0.05, 0.1) is 6.61 Å². The Hall–Kier alpha value is -2.12. The lowest BCUT2D eigenvalue weighted by Gasteiger charge is -2.14. The van der Waals surface area contributed by atoms with Gasteiger partial charge in [-0.25, -0.2) is 0 Å². The zero-order valence-corrected chi connectivity index (χ0v) is 12.6. The average Bonchev–Trinajstić information content (AvgIpc) is 3.23. The van der Waals surface area contributed by atoms with Crippen molar-refractivity contribution in [2.45, 2.75) is 45.7 Å². The fourth-order valence-electron chi connectivity index (χ4n) is 1.66. The first-order chi connectivity index (χ1) is 10.1. The van der Waals surface area contributed by atoms with Crippen molar-refractivity contribution in [2.75, 3.05) is 23.8 Å². The maximum atomic E-state index is 11.9. The number of nitrogens with one attached hydrogen (secondary N) is 3. The Morgan fingerprint density at radius 2 is 2.00 bits per heavy atom. The Kier molecular flexibility index (Phi) is 5.13. The molecule has 0 saturated heterocycles. The second-order valence-electron chi connectivity index (χ2n) is 4.88. The number of hydrogen-bond donors (Lipinski definition) is 3. The van der Waals surface area contributed by atoms with Crippen molar-refractivity contribution in [2.24, 2.45) is 0 Å². The molecule has 8 heteroatoms. The van der Waals surface area contributed by atoms with Crippen molar-refractivity contribution in [1.82, 2.24) is 20.3 Å². The van der Waals surface area contributed by atoms with E-state index in [-0.39, 0.29) is 11.9 Å². The van der Waals surface area contributed by atoms with Crippen LogP contribution in [0.5, 0.6) is 6.01 Å². The van der Waals surface area contributed by atoms with Gasteiger partial charge in [-0.05, 0) is 33.6 Å². The predicted octanol–water partition coefficient (Wildman–Crippen LogP) is 0.781. The lowest BCUT2D eigenvalue weighted by atomic mass is 10.3. The highest BCUT2D eigenvalue weighted by Gasteiger charge is 2.26. The fourth-order valence-corrected chi connectivity index (χ4v) is 1.66. The Bertz CT molecular complexity index is 467. The Morgan fingerprint density at radius 1 is 1.29 bits per heavy atom. The highest BCUT2D eigenvalue weighted by Crippen LogP contribution is 2.19. The van der Waals surface area contributed by atoms with Crippen molar-refractivity contribution in [1.29, 1.82) is 0 Å². The molecule has 1 aliphatic carbocycles. The average molecular weight is 294 g/mol. The molecular weight excluding hydrogens is 272 g/mol. The van der Waals surface area contributed by atoms with Gasteiger partial charge >= 0.3 is 6.01 Å². The van der Waals surface area contributed by atoms with Gasteiger partial charge in [0, 0.05) is 12.6 Å². The number of rotatable bonds is 8. The van der Waals surface area contributed by atoms with Crippen LogP contribution >= 0.6 is 0 Å². The summed E-state index contributed by atoms with van der Waals surface area (Å²) in [4.78, 5) is 24.4. The Labute approximate surface area is 124 Å². The normalized spacial score (nSPS) is 15.2. The SMILES string of the molecule is CCNc1nc(NC(C)C(=O)NC2CC2)nc(OCC)n1. The van der Waals surface area contributed by atoms with E-state index in [1.165, 1.54) is 0 Å². The third-order valence-corrected chi connectivity index (χ3v) is 2.89. The van der Waals surface area contributed by atoms with Crippen LogP contribution in [0, 0.1) is 0 Å². The van der Waals surface area contributed by atoms with Crippen molar-refractivity contribution in [3.05, 3.63) is 0 Å². The monoisotopic (exact) mass is 294 g/mol. The van der Waals surface area contributed by atoms with Gasteiger partial charge in [0.25, 0.3) is 0 Å². The van der Waals surface area contributed by atoms with Crippen molar-refractivity contribution in [3.63, 3.8) is 0 Å². The highest BCUT2D eigenvalue weighted by molar-refractivity contribution is 5.84. The first-order valence-electron chi connectivity index (χ1n) is 7.32. The number of aromatic nitrogens is 3. The molecule has 0 aliphatic heterocycles. The maximum absolute atomic E-state index is 11.9. The van der Waals surface area contributed by atoms with Crippen molar-refractivity contribution < 1.29 is 9.53 Å². The first kappa shape index (κ1) is 15.3. The van der Waals surface area contributed by atoms with Gasteiger partial charge in [-0.3, -0.25) is 4.79 Å². The summed E-state index contributed by atoms with van der Waals surface area (Å²) in [6.45, 7) is 6.73. The summed E-state index contributed by atoms with van der Waals surface area (Å²) in [6.07, 6.45) is 2.12. The summed E-state index contributed by atoms with van der Waals surface area (Å²) in [5.41, 5.74) is 0. The van der Waals surface area contributed by atoms with Crippen molar-refractivity contribution >= 4 is 17.8 Å². The molecule has 3 N–H and O–H groups in total. The summed E-state index contributed by atoms with van der Waals surface area (Å²) in [5.74, 6) is 0.692. The molecule has 0 spiro atoms. The van der Waals surface area contributed by atoms with Gasteiger partial charge in [-0.2, -0.15) is 15.0 Å². The lowest BCUT2D eigenvalue weighted by molar-refractivity contribution is -0.121. The van der Waals surface area contributed by atoms with Gasteiger partial charge in [0.2, 0.25) is 17.8 Å². The number of carbonyl (C=O) groups is 1. The number of amides is 1. The van der Waals surface area contributed by atoms with Gasteiger partial charge < -0.3 is 20.7 Å².